The summed E-state index contributed by atoms with van der Waals surface area (Å²) in [6.45, 7) is 11.0. The summed E-state index contributed by atoms with van der Waals surface area (Å²) in [5.74, 6) is 0.160. The quantitative estimate of drug-likeness (QED) is 0.769. The molecule has 1 aliphatic rings. The van der Waals surface area contributed by atoms with Crippen molar-refractivity contribution in [3.63, 3.8) is 0 Å². The summed E-state index contributed by atoms with van der Waals surface area (Å²) in [5.41, 5.74) is 0. The molecule has 0 spiro atoms. The highest BCUT2D eigenvalue weighted by Crippen LogP contribution is 2.33. The van der Waals surface area contributed by atoms with E-state index >= 15 is 0 Å². The maximum Gasteiger partial charge on any atom is 0.228 e. The van der Waals surface area contributed by atoms with Crippen LogP contribution >= 0.6 is 0 Å². The molecule has 18 heavy (non-hydrogen) atoms. The van der Waals surface area contributed by atoms with Gasteiger partial charge in [-0.15, -0.1) is 0 Å². The van der Waals surface area contributed by atoms with Gasteiger partial charge in [0.05, 0.1) is 30.1 Å². The molecule has 1 fully saturated rings. The molecule has 0 N–H and O–H groups in total. The zero-order chi connectivity index (χ0) is 13.9. The summed E-state index contributed by atoms with van der Waals surface area (Å²) in [5, 5.41) is 8.86. The van der Waals surface area contributed by atoms with Gasteiger partial charge in [0.15, 0.2) is 0 Å². The van der Waals surface area contributed by atoms with Crippen molar-refractivity contribution in [1.29, 1.82) is 5.26 Å². The molecule has 1 heterocycles. The van der Waals surface area contributed by atoms with Gasteiger partial charge in [0.25, 0.3) is 0 Å². The topological polar surface area (TPSA) is 53.3 Å². The van der Waals surface area contributed by atoms with Gasteiger partial charge < -0.3 is 9.64 Å². The van der Waals surface area contributed by atoms with Crippen molar-refractivity contribution in [2.45, 2.75) is 46.8 Å². The van der Waals surface area contributed by atoms with Crippen LogP contribution in [-0.2, 0) is 9.53 Å². The first-order valence-corrected chi connectivity index (χ1v) is 6.76. The second-order valence-corrected chi connectivity index (χ2v) is 5.34. The monoisotopic (exact) mass is 252 g/mol. The Morgan fingerprint density at radius 1 is 1.39 bits per heavy atom. The van der Waals surface area contributed by atoms with Crippen molar-refractivity contribution in [3.05, 3.63) is 0 Å². The van der Waals surface area contributed by atoms with Crippen LogP contribution in [-0.4, -0.2) is 36.1 Å². The number of hydrogen-bond donors (Lipinski definition) is 0. The summed E-state index contributed by atoms with van der Waals surface area (Å²) in [7, 11) is 0. The lowest BCUT2D eigenvalue weighted by Gasteiger charge is -2.28. The second-order valence-electron chi connectivity index (χ2n) is 5.34. The molecular weight excluding hydrogens is 228 g/mol. The van der Waals surface area contributed by atoms with Crippen molar-refractivity contribution < 1.29 is 9.53 Å². The van der Waals surface area contributed by atoms with Crippen LogP contribution in [0.4, 0.5) is 0 Å². The highest BCUT2D eigenvalue weighted by Gasteiger charge is 2.43. The molecular formula is C14H24N2O2. The second kappa shape index (κ2) is 6.19. The van der Waals surface area contributed by atoms with Gasteiger partial charge >= 0.3 is 0 Å². The summed E-state index contributed by atoms with van der Waals surface area (Å²) in [4.78, 5) is 14.3. The lowest BCUT2D eigenvalue weighted by atomic mass is 9.88. The summed E-state index contributed by atoms with van der Waals surface area (Å²) in [6.07, 6.45) is 0.0926. The van der Waals surface area contributed by atoms with E-state index in [4.69, 9.17) is 10.00 Å². The molecule has 0 aromatic heterocycles. The predicted octanol–water partition coefficient (Wildman–Crippen LogP) is 2.05. The minimum Gasteiger partial charge on any atom is -0.374 e. The first-order chi connectivity index (χ1) is 8.42. The summed E-state index contributed by atoms with van der Waals surface area (Å²) < 4.78 is 5.72. The molecule has 0 aromatic rings. The lowest BCUT2D eigenvalue weighted by Crippen LogP contribution is -2.42. The van der Waals surface area contributed by atoms with Gasteiger partial charge in [0.2, 0.25) is 5.91 Å². The van der Waals surface area contributed by atoms with Gasteiger partial charge in [-0.05, 0) is 33.6 Å². The van der Waals surface area contributed by atoms with Crippen LogP contribution in [0.2, 0.25) is 0 Å². The molecule has 0 aliphatic carbocycles. The fraction of sp³-hybridized carbons (Fsp3) is 0.857. The van der Waals surface area contributed by atoms with Crippen molar-refractivity contribution >= 4 is 5.91 Å². The minimum absolute atomic E-state index is 0.0334. The number of amides is 1. The van der Waals surface area contributed by atoms with Gasteiger partial charge in [-0.2, -0.15) is 5.26 Å². The molecule has 5 atom stereocenters. The van der Waals surface area contributed by atoms with Gasteiger partial charge in [0, 0.05) is 13.1 Å². The zero-order valence-corrected chi connectivity index (χ0v) is 12.0. The molecule has 4 heteroatoms. The van der Waals surface area contributed by atoms with E-state index in [9.17, 15) is 4.79 Å². The number of carbonyl (C=O) groups excluding carboxylic acids is 1. The van der Waals surface area contributed by atoms with Crippen LogP contribution in [0.3, 0.4) is 0 Å². The van der Waals surface area contributed by atoms with Crippen LogP contribution in [0, 0.1) is 29.1 Å². The summed E-state index contributed by atoms with van der Waals surface area (Å²) >= 11 is 0. The average Bonchev–Trinajstić information content (AvgIpc) is 2.59. The highest BCUT2D eigenvalue weighted by molar-refractivity contribution is 5.80. The normalized spacial score (nSPS) is 32.9. The Bertz CT molecular complexity index is 337. The Morgan fingerprint density at radius 3 is 2.39 bits per heavy atom. The Labute approximate surface area is 110 Å². The van der Waals surface area contributed by atoms with E-state index in [1.165, 1.54) is 0 Å². The van der Waals surface area contributed by atoms with Crippen molar-refractivity contribution in [3.8, 4) is 6.07 Å². The molecule has 0 bridgehead atoms. The first kappa shape index (κ1) is 15.0. The van der Waals surface area contributed by atoms with Crippen LogP contribution in [0.5, 0.6) is 0 Å². The highest BCUT2D eigenvalue weighted by atomic mass is 16.5. The first-order valence-electron chi connectivity index (χ1n) is 6.76. The van der Waals surface area contributed by atoms with E-state index in [1.807, 2.05) is 27.7 Å². The maximum absolute atomic E-state index is 12.5. The number of rotatable bonds is 4. The molecule has 102 valence electrons. The van der Waals surface area contributed by atoms with E-state index in [0.717, 1.165) is 0 Å². The van der Waals surface area contributed by atoms with Crippen molar-refractivity contribution in [2.24, 2.45) is 17.8 Å². The number of carbonyl (C=O) groups is 1. The Hall–Kier alpha value is -1.08. The van der Waals surface area contributed by atoms with Gasteiger partial charge in [-0.1, -0.05) is 6.92 Å². The van der Waals surface area contributed by atoms with Gasteiger partial charge in [-0.3, -0.25) is 4.79 Å². The fourth-order valence-electron chi connectivity index (χ4n) is 2.65. The predicted molar refractivity (Wildman–Crippen MR) is 69.7 cm³/mol. The molecule has 5 unspecified atom stereocenters. The Balaban J connectivity index is 2.75. The van der Waals surface area contributed by atoms with Crippen LogP contribution < -0.4 is 0 Å². The van der Waals surface area contributed by atoms with Crippen LogP contribution in [0.1, 0.15) is 34.6 Å². The third-order valence-electron chi connectivity index (χ3n) is 3.94. The molecule has 1 amide bonds. The third-order valence-corrected chi connectivity index (χ3v) is 3.94. The molecule has 4 nitrogen and oxygen atoms in total. The van der Waals surface area contributed by atoms with Crippen LogP contribution in [0.25, 0.3) is 0 Å². The minimum atomic E-state index is -0.126. The fourth-order valence-corrected chi connectivity index (χ4v) is 2.65. The van der Waals surface area contributed by atoms with Crippen LogP contribution in [0.15, 0.2) is 0 Å². The average molecular weight is 252 g/mol. The van der Waals surface area contributed by atoms with Crippen molar-refractivity contribution in [2.75, 3.05) is 13.1 Å². The molecule has 0 aromatic carbocycles. The zero-order valence-electron chi connectivity index (χ0n) is 12.0. The van der Waals surface area contributed by atoms with E-state index < -0.39 is 0 Å². The van der Waals surface area contributed by atoms with E-state index in [1.54, 1.807) is 4.90 Å². The molecule has 1 aliphatic heterocycles. The van der Waals surface area contributed by atoms with Gasteiger partial charge in [0.1, 0.15) is 0 Å². The number of nitriles is 1. The molecule has 0 saturated carbocycles. The van der Waals surface area contributed by atoms with Crippen molar-refractivity contribution in [1.82, 2.24) is 4.90 Å². The number of nitrogens with zero attached hydrogens (tertiary/aromatic N) is 2. The number of ether oxygens (including phenoxy) is 1. The maximum atomic E-state index is 12.5. The molecule has 1 saturated heterocycles. The lowest BCUT2D eigenvalue weighted by molar-refractivity contribution is -0.138. The van der Waals surface area contributed by atoms with Gasteiger partial charge in [-0.25, -0.2) is 0 Å². The largest absolute Gasteiger partial charge is 0.374 e. The standard InChI is InChI=1S/C14H24N2O2/c1-6-16(8-9(2)7-15)14(17)13-10(3)11(4)18-12(13)5/h9-13H,6,8H2,1-5H3. The number of hydrogen-bond acceptors (Lipinski definition) is 3. The van der Waals surface area contributed by atoms with E-state index in [2.05, 4.69) is 13.0 Å². The third kappa shape index (κ3) is 3.02. The molecule has 1 rings (SSSR count). The SMILES string of the molecule is CCN(CC(C)C#N)C(=O)C1C(C)OC(C)C1C. The summed E-state index contributed by atoms with van der Waals surface area (Å²) in [6, 6.07) is 2.18. The van der Waals surface area contributed by atoms with E-state index in [-0.39, 0.29) is 35.9 Å². The Morgan fingerprint density at radius 2 is 2.00 bits per heavy atom. The smallest absolute Gasteiger partial charge is 0.228 e. The molecule has 0 radical (unpaired) electrons. The van der Waals surface area contributed by atoms with E-state index in [0.29, 0.717) is 13.1 Å². The Kier molecular flexibility index (Phi) is 5.15.